The van der Waals surface area contributed by atoms with E-state index >= 15 is 0 Å². The standard InChI is InChI=1S/C12H13IO2/c1-9(2)7-8-15-12(14)10-3-5-11(13)6-4-10/h3-6H,1,7-8H2,2H3. The molecule has 0 fully saturated rings. The lowest BCUT2D eigenvalue weighted by Gasteiger charge is -2.04. The van der Waals surface area contributed by atoms with Gasteiger partial charge in [-0.25, -0.2) is 4.79 Å². The van der Waals surface area contributed by atoms with Gasteiger partial charge in [0.05, 0.1) is 12.2 Å². The largest absolute Gasteiger partial charge is 0.462 e. The molecule has 0 amide bonds. The second-order valence-corrected chi connectivity index (χ2v) is 4.60. The van der Waals surface area contributed by atoms with Gasteiger partial charge in [-0.15, -0.1) is 6.58 Å². The van der Waals surface area contributed by atoms with Crippen molar-refractivity contribution < 1.29 is 9.53 Å². The molecular formula is C12H13IO2. The smallest absolute Gasteiger partial charge is 0.338 e. The van der Waals surface area contributed by atoms with Crippen molar-refractivity contribution >= 4 is 28.6 Å². The molecule has 0 radical (unpaired) electrons. The topological polar surface area (TPSA) is 26.3 Å². The number of benzene rings is 1. The van der Waals surface area contributed by atoms with Crippen molar-refractivity contribution in [2.75, 3.05) is 6.61 Å². The fraction of sp³-hybridized carbons (Fsp3) is 0.250. The van der Waals surface area contributed by atoms with Crippen molar-refractivity contribution in [3.05, 3.63) is 45.6 Å². The molecule has 0 atom stereocenters. The van der Waals surface area contributed by atoms with Gasteiger partial charge in [-0.2, -0.15) is 0 Å². The van der Waals surface area contributed by atoms with Crippen LogP contribution in [0.15, 0.2) is 36.4 Å². The Balaban J connectivity index is 2.47. The van der Waals surface area contributed by atoms with E-state index < -0.39 is 0 Å². The maximum atomic E-state index is 11.5. The van der Waals surface area contributed by atoms with Crippen LogP contribution < -0.4 is 0 Å². The highest BCUT2D eigenvalue weighted by Crippen LogP contribution is 2.08. The quantitative estimate of drug-likeness (QED) is 0.483. The molecule has 0 N–H and O–H groups in total. The Bertz CT molecular complexity index is 354. The summed E-state index contributed by atoms with van der Waals surface area (Å²) in [5.74, 6) is -0.271. The summed E-state index contributed by atoms with van der Waals surface area (Å²) in [4.78, 5) is 11.5. The fourth-order valence-electron chi connectivity index (χ4n) is 0.987. The van der Waals surface area contributed by atoms with Crippen LogP contribution in [0.25, 0.3) is 0 Å². The van der Waals surface area contributed by atoms with E-state index in [4.69, 9.17) is 4.74 Å². The predicted octanol–water partition coefficient (Wildman–Crippen LogP) is 3.41. The Morgan fingerprint density at radius 1 is 1.40 bits per heavy atom. The number of carbonyl (C=O) groups is 1. The Kier molecular flexibility index (Phi) is 4.81. The average molecular weight is 316 g/mol. The summed E-state index contributed by atoms with van der Waals surface area (Å²) in [6, 6.07) is 7.31. The van der Waals surface area contributed by atoms with Gasteiger partial charge in [0.15, 0.2) is 0 Å². The fourth-order valence-corrected chi connectivity index (χ4v) is 1.35. The van der Waals surface area contributed by atoms with Crippen molar-refractivity contribution in [2.45, 2.75) is 13.3 Å². The normalized spacial score (nSPS) is 9.73. The third kappa shape index (κ3) is 4.46. The summed E-state index contributed by atoms with van der Waals surface area (Å²) >= 11 is 2.19. The van der Waals surface area contributed by atoms with E-state index in [1.807, 2.05) is 19.1 Å². The van der Waals surface area contributed by atoms with Crippen LogP contribution in [0.1, 0.15) is 23.7 Å². The van der Waals surface area contributed by atoms with Gasteiger partial charge in [0.1, 0.15) is 0 Å². The molecule has 0 aromatic heterocycles. The maximum Gasteiger partial charge on any atom is 0.338 e. The highest BCUT2D eigenvalue weighted by atomic mass is 127. The van der Waals surface area contributed by atoms with Crippen LogP contribution >= 0.6 is 22.6 Å². The molecular weight excluding hydrogens is 303 g/mol. The zero-order chi connectivity index (χ0) is 11.3. The lowest BCUT2D eigenvalue weighted by Crippen LogP contribution is -2.06. The molecule has 1 aromatic rings. The lowest BCUT2D eigenvalue weighted by molar-refractivity contribution is 0.0509. The Labute approximate surface area is 103 Å². The molecule has 0 heterocycles. The molecule has 0 aliphatic carbocycles. The number of rotatable bonds is 4. The molecule has 15 heavy (non-hydrogen) atoms. The average Bonchev–Trinajstić information content (AvgIpc) is 2.18. The number of carbonyl (C=O) groups excluding carboxylic acids is 1. The Hall–Kier alpha value is -0.840. The van der Waals surface area contributed by atoms with E-state index in [0.717, 1.165) is 15.6 Å². The van der Waals surface area contributed by atoms with Gasteiger partial charge in [-0.1, -0.05) is 5.57 Å². The van der Waals surface area contributed by atoms with E-state index in [0.29, 0.717) is 12.2 Å². The number of esters is 1. The first-order valence-corrected chi connectivity index (χ1v) is 5.74. The van der Waals surface area contributed by atoms with Crippen LogP contribution in [0.2, 0.25) is 0 Å². The Morgan fingerprint density at radius 3 is 2.53 bits per heavy atom. The van der Waals surface area contributed by atoms with E-state index in [-0.39, 0.29) is 5.97 Å². The molecule has 0 saturated heterocycles. The number of hydrogen-bond donors (Lipinski definition) is 0. The summed E-state index contributed by atoms with van der Waals surface area (Å²) < 4.78 is 6.18. The minimum Gasteiger partial charge on any atom is -0.462 e. The molecule has 80 valence electrons. The summed E-state index contributed by atoms with van der Waals surface area (Å²) in [5, 5.41) is 0. The monoisotopic (exact) mass is 316 g/mol. The van der Waals surface area contributed by atoms with Gasteiger partial charge < -0.3 is 4.74 Å². The first-order valence-electron chi connectivity index (χ1n) is 4.66. The first-order chi connectivity index (χ1) is 7.09. The summed E-state index contributed by atoms with van der Waals surface area (Å²) in [5.41, 5.74) is 1.61. The van der Waals surface area contributed by atoms with E-state index in [1.165, 1.54) is 0 Å². The van der Waals surface area contributed by atoms with Crippen LogP contribution in [-0.2, 0) is 4.74 Å². The number of halogens is 1. The highest BCUT2D eigenvalue weighted by Gasteiger charge is 2.05. The minimum atomic E-state index is -0.271. The summed E-state index contributed by atoms with van der Waals surface area (Å²) in [6.07, 6.45) is 0.718. The van der Waals surface area contributed by atoms with Gasteiger partial charge in [0, 0.05) is 9.99 Å². The van der Waals surface area contributed by atoms with Gasteiger partial charge >= 0.3 is 5.97 Å². The minimum absolute atomic E-state index is 0.271. The molecule has 0 bridgehead atoms. The molecule has 0 aliphatic heterocycles. The molecule has 3 heteroatoms. The highest BCUT2D eigenvalue weighted by molar-refractivity contribution is 14.1. The van der Waals surface area contributed by atoms with E-state index in [2.05, 4.69) is 29.2 Å². The Morgan fingerprint density at radius 2 is 2.00 bits per heavy atom. The molecule has 0 saturated carbocycles. The van der Waals surface area contributed by atoms with Crippen LogP contribution in [0.5, 0.6) is 0 Å². The zero-order valence-corrected chi connectivity index (χ0v) is 10.8. The van der Waals surface area contributed by atoms with E-state index in [9.17, 15) is 4.79 Å². The van der Waals surface area contributed by atoms with Crippen LogP contribution in [0, 0.1) is 3.57 Å². The van der Waals surface area contributed by atoms with Gasteiger partial charge in [-0.3, -0.25) is 0 Å². The first kappa shape index (κ1) is 12.2. The predicted molar refractivity (Wildman–Crippen MR) is 68.9 cm³/mol. The van der Waals surface area contributed by atoms with Gasteiger partial charge in [-0.05, 0) is 53.8 Å². The second-order valence-electron chi connectivity index (χ2n) is 3.35. The van der Waals surface area contributed by atoms with Crippen LogP contribution in [0.3, 0.4) is 0 Å². The SMILES string of the molecule is C=C(C)CCOC(=O)c1ccc(I)cc1. The molecule has 1 aromatic carbocycles. The van der Waals surface area contributed by atoms with Crippen LogP contribution in [0.4, 0.5) is 0 Å². The molecule has 0 aliphatic rings. The summed E-state index contributed by atoms with van der Waals surface area (Å²) in [7, 11) is 0. The third-order valence-corrected chi connectivity index (χ3v) is 2.56. The van der Waals surface area contributed by atoms with Gasteiger partial charge in [0.25, 0.3) is 0 Å². The zero-order valence-electron chi connectivity index (χ0n) is 8.63. The second kappa shape index (κ2) is 5.90. The van der Waals surface area contributed by atoms with Crippen molar-refractivity contribution in [3.63, 3.8) is 0 Å². The molecule has 2 nitrogen and oxygen atoms in total. The summed E-state index contributed by atoms with van der Waals surface area (Å²) in [6.45, 7) is 6.06. The van der Waals surface area contributed by atoms with Crippen LogP contribution in [-0.4, -0.2) is 12.6 Å². The van der Waals surface area contributed by atoms with Gasteiger partial charge in [0.2, 0.25) is 0 Å². The van der Waals surface area contributed by atoms with Crippen molar-refractivity contribution in [1.29, 1.82) is 0 Å². The molecule has 0 unspecified atom stereocenters. The van der Waals surface area contributed by atoms with Crippen molar-refractivity contribution in [2.24, 2.45) is 0 Å². The third-order valence-electron chi connectivity index (χ3n) is 1.84. The maximum absolute atomic E-state index is 11.5. The number of hydrogen-bond acceptors (Lipinski definition) is 2. The molecule has 0 spiro atoms. The van der Waals surface area contributed by atoms with Crippen molar-refractivity contribution in [3.8, 4) is 0 Å². The lowest BCUT2D eigenvalue weighted by atomic mass is 10.2. The molecule has 1 rings (SSSR count). The number of ether oxygens (including phenoxy) is 1. The van der Waals surface area contributed by atoms with Crippen molar-refractivity contribution in [1.82, 2.24) is 0 Å². The van der Waals surface area contributed by atoms with E-state index in [1.54, 1.807) is 12.1 Å².